The summed E-state index contributed by atoms with van der Waals surface area (Å²) in [6.45, 7) is 0.326. The number of amides is 2. The second-order valence-electron chi connectivity index (χ2n) is 8.94. The predicted octanol–water partition coefficient (Wildman–Crippen LogP) is 1.74. The number of hydrogen-bond acceptors (Lipinski definition) is 3. The molecule has 0 spiro atoms. The van der Waals surface area contributed by atoms with Crippen molar-refractivity contribution in [2.45, 2.75) is 57.4 Å². The molecule has 4 aliphatic carbocycles. The zero-order chi connectivity index (χ0) is 17.8. The van der Waals surface area contributed by atoms with Gasteiger partial charge < -0.3 is 14.9 Å². The van der Waals surface area contributed by atoms with Crippen molar-refractivity contribution < 1.29 is 19.5 Å². The number of carboxylic acids is 1. The zero-order valence-corrected chi connectivity index (χ0v) is 14.9. The van der Waals surface area contributed by atoms with Crippen molar-refractivity contribution in [3.8, 4) is 0 Å². The highest BCUT2D eigenvalue weighted by atomic mass is 16.4. The van der Waals surface area contributed by atoms with E-state index in [9.17, 15) is 14.4 Å². The van der Waals surface area contributed by atoms with Crippen LogP contribution >= 0.6 is 0 Å². The van der Waals surface area contributed by atoms with Crippen molar-refractivity contribution in [3.63, 3.8) is 0 Å². The zero-order valence-electron chi connectivity index (χ0n) is 14.9. The topological polar surface area (TPSA) is 77.9 Å². The molecule has 6 nitrogen and oxygen atoms in total. The second-order valence-corrected chi connectivity index (χ2v) is 8.94. The van der Waals surface area contributed by atoms with Crippen LogP contribution in [0.15, 0.2) is 0 Å². The molecule has 1 saturated heterocycles. The van der Waals surface area contributed by atoms with Crippen LogP contribution in [0.4, 0.5) is 0 Å². The molecule has 1 heterocycles. The summed E-state index contributed by atoms with van der Waals surface area (Å²) < 4.78 is 0. The Balaban J connectivity index is 1.51. The Bertz CT molecular complexity index is 567. The van der Waals surface area contributed by atoms with Crippen LogP contribution < -0.4 is 0 Å². The van der Waals surface area contributed by atoms with Crippen LogP contribution in [0.1, 0.15) is 51.4 Å². The summed E-state index contributed by atoms with van der Waals surface area (Å²) in [5.41, 5.74) is -0.233. The van der Waals surface area contributed by atoms with E-state index in [-0.39, 0.29) is 23.8 Å². The molecule has 2 amide bonds. The first kappa shape index (κ1) is 16.9. The third kappa shape index (κ3) is 2.83. The van der Waals surface area contributed by atoms with E-state index in [1.54, 1.807) is 4.90 Å². The van der Waals surface area contributed by atoms with Crippen LogP contribution in [0.5, 0.6) is 0 Å². The Hall–Kier alpha value is -1.59. The van der Waals surface area contributed by atoms with Crippen molar-refractivity contribution in [1.29, 1.82) is 0 Å². The molecule has 4 saturated carbocycles. The first-order chi connectivity index (χ1) is 11.9. The highest BCUT2D eigenvalue weighted by molar-refractivity contribution is 5.92. The van der Waals surface area contributed by atoms with E-state index in [2.05, 4.69) is 0 Å². The summed E-state index contributed by atoms with van der Waals surface area (Å²) in [6, 6.07) is -0.468. The molecule has 0 aromatic carbocycles. The van der Waals surface area contributed by atoms with E-state index in [1.807, 2.05) is 0 Å². The number of rotatable bonds is 4. The SMILES string of the molecule is CN(CC(=O)O)C(=O)C1CCCN1C(=O)C12CC3CC(CC(C3)C1)C2. The van der Waals surface area contributed by atoms with Crippen LogP contribution in [0.2, 0.25) is 0 Å². The van der Waals surface area contributed by atoms with E-state index in [1.165, 1.54) is 31.2 Å². The molecule has 1 unspecified atom stereocenters. The summed E-state index contributed by atoms with van der Waals surface area (Å²) >= 11 is 0. The summed E-state index contributed by atoms with van der Waals surface area (Å²) in [4.78, 5) is 40.1. The van der Waals surface area contributed by atoms with Crippen molar-refractivity contribution in [1.82, 2.24) is 9.80 Å². The van der Waals surface area contributed by atoms with Gasteiger partial charge in [0.05, 0.1) is 5.41 Å². The fraction of sp³-hybridized carbons (Fsp3) is 0.842. The van der Waals surface area contributed by atoms with Crippen molar-refractivity contribution in [2.24, 2.45) is 23.2 Å². The van der Waals surface area contributed by atoms with E-state index in [0.29, 0.717) is 30.7 Å². The molecule has 0 radical (unpaired) electrons. The number of likely N-dealkylation sites (N-methyl/N-ethyl adjacent to an activating group) is 1. The highest BCUT2D eigenvalue weighted by Gasteiger charge is 2.56. The lowest BCUT2D eigenvalue weighted by atomic mass is 9.49. The van der Waals surface area contributed by atoms with E-state index in [0.717, 1.165) is 25.7 Å². The third-order valence-electron chi connectivity index (χ3n) is 7.04. The molecule has 6 heteroatoms. The lowest BCUT2D eigenvalue weighted by Gasteiger charge is -2.56. The number of carbonyl (C=O) groups is 3. The molecule has 4 bridgehead atoms. The molecule has 5 fully saturated rings. The van der Waals surface area contributed by atoms with Gasteiger partial charge in [-0.2, -0.15) is 0 Å². The molecule has 1 aliphatic heterocycles. The summed E-state index contributed by atoms with van der Waals surface area (Å²) in [5, 5.41) is 8.93. The first-order valence-electron chi connectivity index (χ1n) is 9.66. The van der Waals surface area contributed by atoms with Crippen LogP contribution in [-0.4, -0.2) is 58.9 Å². The number of aliphatic carboxylic acids is 1. The molecule has 0 aromatic heterocycles. The predicted molar refractivity (Wildman–Crippen MR) is 90.6 cm³/mol. The Kier molecular flexibility index (Phi) is 4.04. The van der Waals surface area contributed by atoms with Crippen LogP contribution in [0.25, 0.3) is 0 Å². The molecule has 25 heavy (non-hydrogen) atoms. The summed E-state index contributed by atoms with van der Waals surface area (Å²) in [5.74, 6) is 1.03. The Labute approximate surface area is 148 Å². The molecule has 5 aliphatic rings. The molecular formula is C19H28N2O4. The normalized spacial score (nSPS) is 38.8. The minimum Gasteiger partial charge on any atom is -0.480 e. The third-order valence-corrected chi connectivity index (χ3v) is 7.04. The lowest BCUT2D eigenvalue weighted by molar-refractivity contribution is -0.162. The van der Waals surface area contributed by atoms with Gasteiger partial charge in [-0.1, -0.05) is 0 Å². The fourth-order valence-corrected chi connectivity index (χ4v) is 6.48. The van der Waals surface area contributed by atoms with Gasteiger partial charge in [0.2, 0.25) is 11.8 Å². The van der Waals surface area contributed by atoms with Crippen LogP contribution in [0, 0.1) is 23.2 Å². The second kappa shape index (κ2) is 5.99. The molecular weight excluding hydrogens is 320 g/mol. The Morgan fingerprint density at radius 1 is 1.08 bits per heavy atom. The lowest BCUT2D eigenvalue weighted by Crippen LogP contribution is -2.57. The monoisotopic (exact) mass is 348 g/mol. The number of carbonyl (C=O) groups excluding carboxylic acids is 2. The first-order valence-corrected chi connectivity index (χ1v) is 9.66. The van der Waals surface area contributed by atoms with Gasteiger partial charge in [0.15, 0.2) is 0 Å². The summed E-state index contributed by atoms with van der Waals surface area (Å²) in [6.07, 6.45) is 8.35. The smallest absolute Gasteiger partial charge is 0.323 e. The highest BCUT2D eigenvalue weighted by Crippen LogP contribution is 2.60. The minimum atomic E-state index is -1.02. The van der Waals surface area contributed by atoms with E-state index >= 15 is 0 Å². The van der Waals surface area contributed by atoms with E-state index in [4.69, 9.17) is 5.11 Å². The van der Waals surface area contributed by atoms with Gasteiger partial charge in [-0.05, 0) is 69.1 Å². The van der Waals surface area contributed by atoms with Gasteiger partial charge in [-0.25, -0.2) is 0 Å². The van der Waals surface area contributed by atoms with Gasteiger partial charge in [0.1, 0.15) is 12.6 Å². The van der Waals surface area contributed by atoms with Crippen molar-refractivity contribution >= 4 is 17.8 Å². The van der Waals surface area contributed by atoms with Gasteiger partial charge in [-0.15, -0.1) is 0 Å². The molecule has 0 aromatic rings. The molecule has 1 N–H and O–H groups in total. The average molecular weight is 348 g/mol. The van der Waals surface area contributed by atoms with Crippen molar-refractivity contribution in [3.05, 3.63) is 0 Å². The van der Waals surface area contributed by atoms with Crippen molar-refractivity contribution in [2.75, 3.05) is 20.1 Å². The van der Waals surface area contributed by atoms with E-state index < -0.39 is 12.0 Å². The standard InChI is InChI=1S/C19H28N2O4/c1-20(11-16(22)23)17(24)15-3-2-4-21(15)18(25)19-8-12-5-13(9-19)7-14(6-12)10-19/h12-15H,2-11H2,1H3,(H,22,23). The van der Waals surface area contributed by atoms with Crippen LogP contribution in [0.3, 0.4) is 0 Å². The molecule has 5 rings (SSSR count). The maximum Gasteiger partial charge on any atom is 0.323 e. The number of nitrogens with zero attached hydrogens (tertiary/aromatic N) is 2. The molecule has 138 valence electrons. The minimum absolute atomic E-state index is 0.186. The number of carboxylic acid groups (broad SMARTS) is 1. The number of hydrogen-bond donors (Lipinski definition) is 1. The van der Waals surface area contributed by atoms with Gasteiger partial charge in [0.25, 0.3) is 0 Å². The van der Waals surface area contributed by atoms with Gasteiger partial charge in [-0.3, -0.25) is 14.4 Å². The van der Waals surface area contributed by atoms with Gasteiger partial charge >= 0.3 is 5.97 Å². The maximum atomic E-state index is 13.5. The Morgan fingerprint density at radius 2 is 1.64 bits per heavy atom. The number of likely N-dealkylation sites (tertiary alicyclic amines) is 1. The maximum absolute atomic E-state index is 13.5. The average Bonchev–Trinajstić information content (AvgIpc) is 3.00. The van der Waals surface area contributed by atoms with Gasteiger partial charge in [0, 0.05) is 13.6 Å². The summed E-state index contributed by atoms with van der Waals surface area (Å²) in [7, 11) is 1.52. The fourth-order valence-electron chi connectivity index (χ4n) is 6.48. The molecule has 1 atom stereocenters. The quantitative estimate of drug-likeness (QED) is 0.839. The Morgan fingerprint density at radius 3 is 2.16 bits per heavy atom. The largest absolute Gasteiger partial charge is 0.480 e. The van der Waals surface area contributed by atoms with Crippen LogP contribution in [-0.2, 0) is 14.4 Å².